The van der Waals surface area contributed by atoms with Crippen LogP contribution >= 0.6 is 24.0 Å². The Balaban J connectivity index is 0.00000192. The molecule has 0 heterocycles. The molecule has 1 aromatic rings. The fourth-order valence-corrected chi connectivity index (χ4v) is 4.06. The van der Waals surface area contributed by atoms with Crippen molar-refractivity contribution in [3.05, 3.63) is 29.3 Å². The quantitative estimate of drug-likeness (QED) is 0.868. The van der Waals surface area contributed by atoms with Crippen molar-refractivity contribution < 1.29 is 9.53 Å². The monoisotopic (exact) mass is 358 g/mol. The standard InChI is InChI=1S/C17H23ClN2O2.ClH/c18-13-4-6-15(7-5-13)22-10-16(21)20-17-11-2-1-3-12(17)9-14(19)8-11;/h4-7,11-12,14,17H,1-3,8-10,19H2,(H,20,21);1H. The van der Waals surface area contributed by atoms with Crippen LogP contribution in [0.1, 0.15) is 32.1 Å². The van der Waals surface area contributed by atoms with Gasteiger partial charge in [0, 0.05) is 17.1 Å². The van der Waals surface area contributed by atoms with Gasteiger partial charge in [-0.05, 0) is 61.8 Å². The van der Waals surface area contributed by atoms with Crippen molar-refractivity contribution in [1.82, 2.24) is 5.32 Å². The maximum absolute atomic E-state index is 12.2. The molecule has 2 fully saturated rings. The van der Waals surface area contributed by atoms with E-state index >= 15 is 0 Å². The van der Waals surface area contributed by atoms with Gasteiger partial charge in [0.25, 0.3) is 5.91 Å². The average Bonchev–Trinajstić information content (AvgIpc) is 2.48. The number of hydrogen-bond acceptors (Lipinski definition) is 3. The summed E-state index contributed by atoms with van der Waals surface area (Å²) in [5, 5.41) is 3.83. The van der Waals surface area contributed by atoms with E-state index in [1.165, 1.54) is 19.3 Å². The second-order valence-corrected chi connectivity index (χ2v) is 6.95. The highest BCUT2D eigenvalue weighted by atomic mass is 35.5. The number of amides is 1. The minimum Gasteiger partial charge on any atom is -0.484 e. The minimum absolute atomic E-state index is 0. The van der Waals surface area contributed by atoms with Crippen molar-refractivity contribution in [2.75, 3.05) is 6.61 Å². The fourth-order valence-electron chi connectivity index (χ4n) is 3.93. The topological polar surface area (TPSA) is 64.3 Å². The Hall–Kier alpha value is -0.970. The Morgan fingerprint density at radius 2 is 1.83 bits per heavy atom. The third-order valence-corrected chi connectivity index (χ3v) is 5.14. The summed E-state index contributed by atoms with van der Waals surface area (Å²) in [4.78, 5) is 12.2. The molecule has 3 rings (SSSR count). The van der Waals surface area contributed by atoms with E-state index in [1.807, 2.05) is 0 Å². The van der Waals surface area contributed by atoms with E-state index in [1.54, 1.807) is 24.3 Å². The lowest BCUT2D eigenvalue weighted by Crippen LogP contribution is -2.54. The Kier molecular flexibility index (Phi) is 6.57. The van der Waals surface area contributed by atoms with Gasteiger partial charge < -0.3 is 15.8 Å². The van der Waals surface area contributed by atoms with E-state index < -0.39 is 0 Å². The molecule has 23 heavy (non-hydrogen) atoms. The molecule has 0 aromatic heterocycles. The molecule has 1 aromatic carbocycles. The molecular formula is C17H24Cl2N2O2. The highest BCUT2D eigenvalue weighted by Gasteiger charge is 2.39. The van der Waals surface area contributed by atoms with Crippen molar-refractivity contribution in [1.29, 1.82) is 0 Å². The molecule has 0 aliphatic heterocycles. The van der Waals surface area contributed by atoms with Gasteiger partial charge in [0.15, 0.2) is 6.61 Å². The molecule has 0 radical (unpaired) electrons. The molecule has 2 aliphatic carbocycles. The zero-order valence-electron chi connectivity index (χ0n) is 13.0. The molecular weight excluding hydrogens is 335 g/mol. The van der Waals surface area contributed by atoms with Gasteiger partial charge in [0.1, 0.15) is 5.75 Å². The summed E-state index contributed by atoms with van der Waals surface area (Å²) in [7, 11) is 0. The molecule has 2 atom stereocenters. The molecule has 0 saturated heterocycles. The van der Waals surface area contributed by atoms with E-state index in [9.17, 15) is 4.79 Å². The van der Waals surface area contributed by atoms with Gasteiger partial charge in [-0.1, -0.05) is 18.0 Å². The number of ether oxygens (including phenoxy) is 1. The summed E-state index contributed by atoms with van der Waals surface area (Å²) in [6.07, 6.45) is 5.66. The van der Waals surface area contributed by atoms with Crippen LogP contribution in [0.15, 0.2) is 24.3 Å². The highest BCUT2D eigenvalue weighted by molar-refractivity contribution is 6.30. The predicted molar refractivity (Wildman–Crippen MR) is 94.2 cm³/mol. The molecule has 2 bridgehead atoms. The number of carbonyl (C=O) groups excluding carboxylic acids is 1. The van der Waals surface area contributed by atoms with Gasteiger partial charge in [0.2, 0.25) is 0 Å². The van der Waals surface area contributed by atoms with E-state index in [4.69, 9.17) is 22.1 Å². The second-order valence-electron chi connectivity index (χ2n) is 6.52. The van der Waals surface area contributed by atoms with Gasteiger partial charge in [-0.25, -0.2) is 0 Å². The van der Waals surface area contributed by atoms with Crippen LogP contribution < -0.4 is 15.8 Å². The van der Waals surface area contributed by atoms with Crippen molar-refractivity contribution in [2.24, 2.45) is 17.6 Å². The lowest BCUT2D eigenvalue weighted by molar-refractivity contribution is -0.125. The number of hydrogen-bond donors (Lipinski definition) is 2. The minimum atomic E-state index is -0.0488. The van der Waals surface area contributed by atoms with Crippen LogP contribution in [-0.4, -0.2) is 24.6 Å². The summed E-state index contributed by atoms with van der Waals surface area (Å²) in [6.45, 7) is 0.0453. The summed E-state index contributed by atoms with van der Waals surface area (Å²) in [5.41, 5.74) is 6.12. The van der Waals surface area contributed by atoms with Crippen LogP contribution in [0.4, 0.5) is 0 Å². The summed E-state index contributed by atoms with van der Waals surface area (Å²) in [6, 6.07) is 7.61. The van der Waals surface area contributed by atoms with Crippen LogP contribution in [0.5, 0.6) is 5.75 Å². The Bertz CT molecular complexity index is 510. The Morgan fingerprint density at radius 1 is 1.22 bits per heavy atom. The lowest BCUT2D eigenvalue weighted by atomic mass is 9.67. The summed E-state index contributed by atoms with van der Waals surface area (Å²) >= 11 is 5.82. The number of nitrogens with one attached hydrogen (secondary N) is 1. The maximum Gasteiger partial charge on any atom is 0.258 e. The van der Waals surface area contributed by atoms with E-state index in [0.29, 0.717) is 28.6 Å². The van der Waals surface area contributed by atoms with Crippen LogP contribution in [0.25, 0.3) is 0 Å². The van der Waals surface area contributed by atoms with Gasteiger partial charge in [-0.15, -0.1) is 12.4 Å². The van der Waals surface area contributed by atoms with Crippen LogP contribution in [0, 0.1) is 11.8 Å². The molecule has 128 valence electrons. The largest absolute Gasteiger partial charge is 0.484 e. The Labute approximate surface area is 148 Å². The predicted octanol–water partition coefficient (Wildman–Crippen LogP) is 3.16. The molecule has 4 nitrogen and oxygen atoms in total. The third kappa shape index (κ3) is 4.75. The van der Waals surface area contributed by atoms with Crippen LogP contribution in [0.2, 0.25) is 5.02 Å². The molecule has 6 heteroatoms. The number of carbonyl (C=O) groups is 1. The first kappa shape index (κ1) is 18.4. The zero-order valence-corrected chi connectivity index (χ0v) is 14.6. The van der Waals surface area contributed by atoms with Gasteiger partial charge in [-0.2, -0.15) is 0 Å². The number of benzene rings is 1. The Morgan fingerprint density at radius 3 is 2.43 bits per heavy atom. The maximum atomic E-state index is 12.2. The van der Waals surface area contributed by atoms with E-state index in [-0.39, 0.29) is 31.0 Å². The highest BCUT2D eigenvalue weighted by Crippen LogP contribution is 2.39. The molecule has 2 saturated carbocycles. The van der Waals surface area contributed by atoms with Crippen LogP contribution in [-0.2, 0) is 4.79 Å². The summed E-state index contributed by atoms with van der Waals surface area (Å²) in [5.74, 6) is 1.67. The fraction of sp³-hybridized carbons (Fsp3) is 0.588. The molecule has 1 amide bonds. The van der Waals surface area contributed by atoms with Crippen LogP contribution in [0.3, 0.4) is 0 Å². The number of rotatable bonds is 4. The number of fused-ring (bicyclic) bond motifs is 2. The first-order chi connectivity index (χ1) is 10.6. The van der Waals surface area contributed by atoms with Gasteiger partial charge in [-0.3, -0.25) is 4.79 Å². The molecule has 2 aliphatic rings. The molecule has 3 N–H and O–H groups in total. The first-order valence-electron chi connectivity index (χ1n) is 8.05. The zero-order chi connectivity index (χ0) is 15.5. The molecule has 0 spiro atoms. The molecule has 2 unspecified atom stereocenters. The van der Waals surface area contributed by atoms with Crippen molar-refractivity contribution in [2.45, 2.75) is 44.2 Å². The SMILES string of the molecule is Cl.NC1CC2CCCC(C1)C2NC(=O)COc1ccc(Cl)cc1. The number of halogens is 2. The van der Waals surface area contributed by atoms with Crippen molar-refractivity contribution >= 4 is 29.9 Å². The normalized spacial score (nSPS) is 29.3. The average molecular weight is 359 g/mol. The third-order valence-electron chi connectivity index (χ3n) is 4.89. The van der Waals surface area contributed by atoms with Gasteiger partial charge in [0.05, 0.1) is 0 Å². The van der Waals surface area contributed by atoms with Crippen molar-refractivity contribution in [3.8, 4) is 5.75 Å². The smallest absolute Gasteiger partial charge is 0.258 e. The summed E-state index contributed by atoms with van der Waals surface area (Å²) < 4.78 is 5.51. The van der Waals surface area contributed by atoms with E-state index in [0.717, 1.165) is 12.8 Å². The van der Waals surface area contributed by atoms with Gasteiger partial charge >= 0.3 is 0 Å². The van der Waals surface area contributed by atoms with E-state index in [2.05, 4.69) is 5.32 Å². The van der Waals surface area contributed by atoms with Crippen molar-refractivity contribution in [3.63, 3.8) is 0 Å². The second kappa shape index (κ2) is 8.22. The lowest BCUT2D eigenvalue weighted by Gasteiger charge is -2.45. The first-order valence-corrected chi connectivity index (χ1v) is 8.43. The number of nitrogens with two attached hydrogens (primary N) is 1.